The Hall–Kier alpha value is -4.94. The lowest BCUT2D eigenvalue weighted by Crippen LogP contribution is -2.40. The fourth-order valence-electron chi connectivity index (χ4n) is 5.09. The topological polar surface area (TPSA) is 131 Å². The number of benzene rings is 3. The van der Waals surface area contributed by atoms with Crippen LogP contribution in [0.1, 0.15) is 50.4 Å². The minimum atomic E-state index is -0.855. The van der Waals surface area contributed by atoms with Gasteiger partial charge in [0.25, 0.3) is 11.2 Å². The lowest BCUT2D eigenvalue weighted by atomic mass is 9.95. The summed E-state index contributed by atoms with van der Waals surface area (Å²) >= 11 is 7.51. The van der Waals surface area contributed by atoms with Gasteiger partial charge in [-0.05, 0) is 87.4 Å². The Morgan fingerprint density at radius 2 is 1.83 bits per heavy atom. The number of carbonyl (C=O) groups excluding carboxylic acids is 1. The number of rotatable bonds is 11. The summed E-state index contributed by atoms with van der Waals surface area (Å²) in [5, 5.41) is 11.4. The van der Waals surface area contributed by atoms with Crippen LogP contribution in [0.25, 0.3) is 6.08 Å². The van der Waals surface area contributed by atoms with Crippen LogP contribution in [-0.2, 0) is 16.1 Å². The van der Waals surface area contributed by atoms with Gasteiger partial charge in [-0.15, -0.1) is 0 Å². The van der Waals surface area contributed by atoms with Gasteiger partial charge >= 0.3 is 5.97 Å². The van der Waals surface area contributed by atoms with Crippen LogP contribution in [0.3, 0.4) is 0 Å². The Labute approximate surface area is 279 Å². The molecule has 1 aliphatic rings. The maximum atomic E-state index is 14.2. The summed E-state index contributed by atoms with van der Waals surface area (Å²) in [6, 6.07) is 15.5. The third kappa shape index (κ3) is 7.23. The number of nitro groups is 1. The molecule has 11 nitrogen and oxygen atoms in total. The first kappa shape index (κ1) is 33.4. The van der Waals surface area contributed by atoms with Crippen molar-refractivity contribution in [1.29, 1.82) is 0 Å². The third-order valence-corrected chi connectivity index (χ3v) is 8.40. The van der Waals surface area contributed by atoms with Gasteiger partial charge in [-0.25, -0.2) is 9.79 Å². The van der Waals surface area contributed by atoms with Crippen molar-refractivity contribution in [2.24, 2.45) is 4.99 Å². The zero-order valence-electron chi connectivity index (χ0n) is 26.3. The van der Waals surface area contributed by atoms with Crippen LogP contribution in [0.4, 0.5) is 5.69 Å². The van der Waals surface area contributed by atoms with Crippen LogP contribution in [0.15, 0.2) is 81.7 Å². The summed E-state index contributed by atoms with van der Waals surface area (Å²) in [4.78, 5) is 43.1. The van der Waals surface area contributed by atoms with E-state index in [4.69, 9.17) is 30.5 Å². The molecule has 0 fully saturated rings. The fourth-order valence-corrected chi connectivity index (χ4v) is 6.31. The molecular formula is C34H32ClN3O8S. The van der Waals surface area contributed by atoms with Gasteiger partial charge in [0.2, 0.25) is 0 Å². The van der Waals surface area contributed by atoms with Crippen molar-refractivity contribution in [1.82, 2.24) is 4.57 Å². The molecule has 1 aromatic heterocycles. The van der Waals surface area contributed by atoms with Gasteiger partial charge in [0.05, 0.1) is 46.6 Å². The number of non-ortho nitro benzene ring substituents is 1. The number of nitrogens with zero attached hydrogens (tertiary/aromatic N) is 3. The first-order valence-corrected chi connectivity index (χ1v) is 15.9. The van der Waals surface area contributed by atoms with Crippen molar-refractivity contribution in [3.63, 3.8) is 0 Å². The van der Waals surface area contributed by atoms with Gasteiger partial charge in [-0.2, -0.15) is 0 Å². The zero-order valence-corrected chi connectivity index (χ0v) is 27.9. The van der Waals surface area contributed by atoms with Crippen molar-refractivity contribution in [3.05, 3.63) is 123 Å². The van der Waals surface area contributed by atoms with Crippen molar-refractivity contribution >= 4 is 40.7 Å². The number of fused-ring (bicyclic) bond motifs is 1. The Morgan fingerprint density at radius 3 is 2.49 bits per heavy atom. The van der Waals surface area contributed by atoms with Gasteiger partial charge in [0.1, 0.15) is 12.4 Å². The molecule has 1 aliphatic heterocycles. The molecule has 244 valence electrons. The van der Waals surface area contributed by atoms with Crippen LogP contribution >= 0.6 is 22.9 Å². The number of carbonyl (C=O) groups is 1. The minimum Gasteiger partial charge on any atom is -0.493 e. The highest BCUT2D eigenvalue weighted by atomic mass is 35.5. The number of esters is 1. The predicted octanol–water partition coefficient (Wildman–Crippen LogP) is 5.73. The summed E-state index contributed by atoms with van der Waals surface area (Å²) in [6.07, 6.45) is 1.57. The minimum absolute atomic E-state index is 0.0192. The number of aromatic nitrogens is 1. The molecule has 0 bridgehead atoms. The van der Waals surface area contributed by atoms with E-state index in [1.54, 1.807) is 68.5 Å². The van der Waals surface area contributed by atoms with Crippen LogP contribution in [0, 0.1) is 10.1 Å². The summed E-state index contributed by atoms with van der Waals surface area (Å²) < 4.78 is 24.8. The number of hydrogen-bond donors (Lipinski definition) is 0. The lowest BCUT2D eigenvalue weighted by molar-refractivity contribution is -0.384. The second-order valence-electron chi connectivity index (χ2n) is 10.8. The molecule has 0 spiro atoms. The highest BCUT2D eigenvalue weighted by molar-refractivity contribution is 7.07. The van der Waals surface area contributed by atoms with E-state index >= 15 is 0 Å². The van der Waals surface area contributed by atoms with Crippen LogP contribution < -0.4 is 29.1 Å². The van der Waals surface area contributed by atoms with Crippen LogP contribution in [0.2, 0.25) is 5.02 Å². The number of thiazole rings is 1. The molecule has 3 aromatic carbocycles. The highest BCUT2D eigenvalue weighted by Gasteiger charge is 2.34. The van der Waals surface area contributed by atoms with Crippen LogP contribution in [0.5, 0.6) is 17.2 Å². The number of halogens is 1. The summed E-state index contributed by atoms with van der Waals surface area (Å²) in [5.41, 5.74) is 2.14. The Balaban J connectivity index is 1.60. The highest BCUT2D eigenvalue weighted by Crippen LogP contribution is 2.36. The number of allylic oxidation sites excluding steroid dienone is 1. The standard InChI is InChI=1S/C34H32ClN3O8S/c1-6-44-33(40)30-20(4)36-34-37(31(30)22-9-13-27(46-19(2)3)28(16-22)43-5)32(39)29(47-34)17-23-15-24(35)10-14-26(23)45-18-21-7-11-25(12-8-21)38(41)42/h7-17,19,31H,6,18H2,1-5H3/b29-17+/t31-/m0/s1. The second kappa shape index (κ2) is 14.2. The molecule has 47 heavy (non-hydrogen) atoms. The van der Waals surface area contributed by atoms with E-state index in [0.717, 1.165) is 16.9 Å². The van der Waals surface area contributed by atoms with Crippen molar-refractivity contribution in [2.75, 3.05) is 13.7 Å². The molecule has 5 rings (SSSR count). The second-order valence-corrected chi connectivity index (χ2v) is 12.2. The maximum Gasteiger partial charge on any atom is 0.338 e. The molecule has 13 heteroatoms. The zero-order chi connectivity index (χ0) is 33.8. The van der Waals surface area contributed by atoms with E-state index in [2.05, 4.69) is 4.99 Å². The largest absolute Gasteiger partial charge is 0.493 e. The summed E-state index contributed by atoms with van der Waals surface area (Å²) in [5.74, 6) is 0.847. The number of hydrogen-bond acceptors (Lipinski definition) is 10. The molecule has 0 aliphatic carbocycles. The average molecular weight is 678 g/mol. The lowest BCUT2D eigenvalue weighted by Gasteiger charge is -2.25. The first-order valence-electron chi connectivity index (χ1n) is 14.7. The molecule has 0 saturated carbocycles. The third-order valence-electron chi connectivity index (χ3n) is 7.18. The Morgan fingerprint density at radius 1 is 1.11 bits per heavy atom. The van der Waals surface area contributed by atoms with Crippen molar-refractivity contribution < 1.29 is 28.7 Å². The van der Waals surface area contributed by atoms with E-state index in [1.807, 2.05) is 13.8 Å². The van der Waals surface area contributed by atoms with Gasteiger partial charge in [-0.1, -0.05) is 29.0 Å². The fraction of sp³-hybridized carbons (Fsp3) is 0.265. The molecule has 4 aromatic rings. The van der Waals surface area contributed by atoms with E-state index in [1.165, 1.54) is 23.8 Å². The maximum absolute atomic E-state index is 14.2. The van der Waals surface area contributed by atoms with Gasteiger partial charge in [-0.3, -0.25) is 19.5 Å². The smallest absolute Gasteiger partial charge is 0.338 e. The quantitative estimate of drug-likeness (QED) is 0.112. The summed E-state index contributed by atoms with van der Waals surface area (Å²) in [7, 11) is 1.53. The van der Waals surface area contributed by atoms with Crippen LogP contribution in [-0.4, -0.2) is 35.3 Å². The van der Waals surface area contributed by atoms with Crippen molar-refractivity contribution in [2.45, 2.75) is 46.4 Å². The van der Waals surface area contributed by atoms with E-state index in [9.17, 15) is 19.7 Å². The summed E-state index contributed by atoms with van der Waals surface area (Å²) in [6.45, 7) is 7.51. The molecule has 0 saturated heterocycles. The molecular weight excluding hydrogens is 646 g/mol. The molecule has 0 N–H and O–H groups in total. The first-order chi connectivity index (χ1) is 22.5. The monoisotopic (exact) mass is 677 g/mol. The van der Waals surface area contributed by atoms with E-state index < -0.39 is 16.9 Å². The molecule has 0 unspecified atom stereocenters. The predicted molar refractivity (Wildman–Crippen MR) is 178 cm³/mol. The van der Waals surface area contributed by atoms with Gasteiger partial charge in [0.15, 0.2) is 16.3 Å². The molecule has 2 heterocycles. The number of ether oxygens (including phenoxy) is 4. The van der Waals surface area contributed by atoms with Gasteiger partial charge in [0, 0.05) is 22.7 Å². The number of nitro benzene ring substituents is 1. The average Bonchev–Trinajstić information content (AvgIpc) is 3.33. The molecule has 0 amide bonds. The molecule has 0 radical (unpaired) electrons. The molecule has 1 atom stereocenters. The Bertz CT molecular complexity index is 2050. The van der Waals surface area contributed by atoms with E-state index in [0.29, 0.717) is 48.4 Å². The van der Waals surface area contributed by atoms with E-state index in [-0.39, 0.29) is 36.1 Å². The number of methoxy groups -OCH3 is 1. The Kier molecular flexibility index (Phi) is 10.1. The van der Waals surface area contributed by atoms with Gasteiger partial charge < -0.3 is 18.9 Å². The normalized spacial score (nSPS) is 14.4. The SMILES string of the molecule is CCOC(=O)C1=C(C)N=c2s/c(=C/c3cc(Cl)ccc3OCc3ccc([N+](=O)[O-])cc3)c(=O)n2[C@H]1c1ccc(OC(C)C)c(OC)c1. The van der Waals surface area contributed by atoms with Crippen molar-refractivity contribution in [3.8, 4) is 17.2 Å².